The van der Waals surface area contributed by atoms with E-state index in [1.54, 1.807) is 16.6 Å². The SMILES string of the molecule is Nc1ncnn2c(C3CCC(CO)CC3)nc(-c3ccc(Oc4ccccc4)cc3F)c12. The van der Waals surface area contributed by atoms with Crippen molar-refractivity contribution >= 4 is 11.3 Å². The van der Waals surface area contributed by atoms with Crippen LogP contribution in [-0.4, -0.2) is 31.3 Å². The predicted octanol–water partition coefficient (Wildman–Crippen LogP) is 4.57. The topological polar surface area (TPSA) is 98.6 Å². The number of para-hydroxylation sites is 1. The van der Waals surface area contributed by atoms with E-state index in [0.717, 1.165) is 31.5 Å². The van der Waals surface area contributed by atoms with Gasteiger partial charge in [-0.1, -0.05) is 18.2 Å². The van der Waals surface area contributed by atoms with Gasteiger partial charge in [-0.25, -0.2) is 18.9 Å². The summed E-state index contributed by atoms with van der Waals surface area (Å²) in [6.45, 7) is 0.206. The number of rotatable bonds is 5. The maximum Gasteiger partial charge on any atom is 0.153 e. The lowest BCUT2D eigenvalue weighted by atomic mass is 9.82. The highest BCUT2D eigenvalue weighted by Crippen LogP contribution is 2.39. The highest BCUT2D eigenvalue weighted by molar-refractivity contribution is 5.85. The van der Waals surface area contributed by atoms with Crippen LogP contribution in [0.5, 0.6) is 11.5 Å². The largest absolute Gasteiger partial charge is 0.457 e. The van der Waals surface area contributed by atoms with Crippen molar-refractivity contribution in [2.45, 2.75) is 31.6 Å². The first-order valence-electron chi connectivity index (χ1n) is 10.8. The molecule has 32 heavy (non-hydrogen) atoms. The first-order chi connectivity index (χ1) is 15.6. The van der Waals surface area contributed by atoms with Crippen molar-refractivity contribution in [2.24, 2.45) is 5.92 Å². The molecule has 1 aliphatic carbocycles. The fraction of sp³-hybridized carbons (Fsp3) is 0.292. The Morgan fingerprint density at radius 1 is 1.06 bits per heavy atom. The summed E-state index contributed by atoms with van der Waals surface area (Å²) in [5.74, 6) is 2.06. The summed E-state index contributed by atoms with van der Waals surface area (Å²) in [7, 11) is 0. The zero-order valence-corrected chi connectivity index (χ0v) is 17.5. The van der Waals surface area contributed by atoms with Gasteiger partial charge in [-0.2, -0.15) is 5.10 Å². The van der Waals surface area contributed by atoms with Crippen molar-refractivity contribution in [3.63, 3.8) is 0 Å². The number of hydrogen-bond acceptors (Lipinski definition) is 6. The van der Waals surface area contributed by atoms with Gasteiger partial charge in [-0.15, -0.1) is 0 Å². The van der Waals surface area contributed by atoms with Crippen LogP contribution < -0.4 is 10.5 Å². The Morgan fingerprint density at radius 2 is 1.84 bits per heavy atom. The van der Waals surface area contributed by atoms with E-state index in [4.69, 9.17) is 15.5 Å². The molecule has 3 N–H and O–H groups in total. The van der Waals surface area contributed by atoms with E-state index in [2.05, 4.69) is 10.1 Å². The lowest BCUT2D eigenvalue weighted by Crippen LogP contribution is -2.18. The molecule has 0 radical (unpaired) electrons. The van der Waals surface area contributed by atoms with Gasteiger partial charge >= 0.3 is 0 Å². The summed E-state index contributed by atoms with van der Waals surface area (Å²) < 4.78 is 22.6. The number of anilines is 1. The highest BCUT2D eigenvalue weighted by Gasteiger charge is 2.28. The highest BCUT2D eigenvalue weighted by atomic mass is 19.1. The molecule has 0 spiro atoms. The first-order valence-corrected chi connectivity index (χ1v) is 10.8. The molecule has 164 valence electrons. The number of aliphatic hydroxyl groups is 1. The number of aromatic nitrogens is 4. The molecule has 0 amide bonds. The van der Waals surface area contributed by atoms with Crippen LogP contribution in [0.3, 0.4) is 0 Å². The monoisotopic (exact) mass is 433 g/mol. The lowest BCUT2D eigenvalue weighted by Gasteiger charge is -2.26. The van der Waals surface area contributed by atoms with E-state index in [9.17, 15) is 5.11 Å². The third-order valence-electron chi connectivity index (χ3n) is 6.13. The molecule has 2 aromatic heterocycles. The Morgan fingerprint density at radius 3 is 2.56 bits per heavy atom. The van der Waals surface area contributed by atoms with Crippen LogP contribution in [0.15, 0.2) is 54.9 Å². The molecule has 7 nitrogen and oxygen atoms in total. The predicted molar refractivity (Wildman–Crippen MR) is 119 cm³/mol. The van der Waals surface area contributed by atoms with Gasteiger partial charge in [0.25, 0.3) is 0 Å². The zero-order chi connectivity index (χ0) is 22.1. The van der Waals surface area contributed by atoms with Gasteiger partial charge in [0.1, 0.15) is 40.7 Å². The number of halogens is 1. The maximum atomic E-state index is 15.2. The summed E-state index contributed by atoms with van der Waals surface area (Å²) in [4.78, 5) is 8.91. The van der Waals surface area contributed by atoms with Crippen molar-refractivity contribution in [3.05, 3.63) is 66.5 Å². The first kappa shape index (κ1) is 20.4. The number of nitrogens with zero attached hydrogens (tertiary/aromatic N) is 4. The third-order valence-corrected chi connectivity index (χ3v) is 6.13. The molecule has 4 aromatic rings. The molecule has 1 fully saturated rings. The maximum absolute atomic E-state index is 15.2. The average Bonchev–Trinajstić information content (AvgIpc) is 3.21. The fourth-order valence-electron chi connectivity index (χ4n) is 4.41. The molecule has 8 heteroatoms. The minimum absolute atomic E-state index is 0.164. The van der Waals surface area contributed by atoms with E-state index in [1.165, 1.54) is 12.4 Å². The number of imidazole rings is 1. The van der Waals surface area contributed by atoms with E-state index in [1.807, 2.05) is 30.3 Å². The molecule has 1 aliphatic rings. The van der Waals surface area contributed by atoms with Crippen LogP contribution >= 0.6 is 0 Å². The van der Waals surface area contributed by atoms with Crippen LogP contribution in [-0.2, 0) is 0 Å². The summed E-state index contributed by atoms with van der Waals surface area (Å²) in [5.41, 5.74) is 7.41. The van der Waals surface area contributed by atoms with Crippen molar-refractivity contribution in [1.29, 1.82) is 0 Å². The lowest BCUT2D eigenvalue weighted by molar-refractivity contribution is 0.180. The Kier molecular flexibility index (Phi) is 5.45. The molecule has 2 heterocycles. The number of nitrogen functional groups attached to an aromatic ring is 1. The standard InChI is InChI=1S/C24H24FN5O2/c25-20-12-18(32-17-4-2-1-3-5-17)10-11-19(20)21-22-23(26)27-14-28-30(22)24(29-21)16-8-6-15(13-31)7-9-16/h1-5,10-12,14-16,31H,6-9,13H2,(H2,26,27,28). The van der Waals surface area contributed by atoms with Crippen LogP contribution in [0.1, 0.15) is 37.4 Å². The smallest absolute Gasteiger partial charge is 0.153 e. The second-order valence-electron chi connectivity index (χ2n) is 8.18. The Bertz CT molecular complexity index is 1240. The van der Waals surface area contributed by atoms with Crippen LogP contribution in [0.25, 0.3) is 16.8 Å². The number of benzene rings is 2. The molecule has 0 aliphatic heterocycles. The van der Waals surface area contributed by atoms with Crippen LogP contribution in [0, 0.1) is 11.7 Å². The molecular weight excluding hydrogens is 409 g/mol. The second kappa shape index (κ2) is 8.55. The normalized spacial score (nSPS) is 18.7. The number of aliphatic hydroxyl groups excluding tert-OH is 1. The summed E-state index contributed by atoms with van der Waals surface area (Å²) >= 11 is 0. The minimum atomic E-state index is -0.461. The van der Waals surface area contributed by atoms with Gasteiger partial charge in [0.15, 0.2) is 5.82 Å². The van der Waals surface area contributed by atoms with Crippen LogP contribution in [0.4, 0.5) is 10.2 Å². The third kappa shape index (κ3) is 3.78. The second-order valence-corrected chi connectivity index (χ2v) is 8.18. The number of fused-ring (bicyclic) bond motifs is 1. The number of nitrogens with two attached hydrogens (primary N) is 1. The summed E-state index contributed by atoms with van der Waals surface area (Å²) in [6, 6.07) is 13.9. The van der Waals surface area contributed by atoms with Crippen molar-refractivity contribution in [2.75, 3.05) is 12.3 Å². The molecule has 0 bridgehead atoms. The molecule has 0 atom stereocenters. The minimum Gasteiger partial charge on any atom is -0.457 e. The Labute approximate surface area is 184 Å². The molecule has 5 rings (SSSR count). The van der Waals surface area contributed by atoms with E-state index in [0.29, 0.717) is 34.2 Å². The van der Waals surface area contributed by atoms with E-state index >= 15 is 4.39 Å². The van der Waals surface area contributed by atoms with Crippen molar-refractivity contribution in [3.8, 4) is 22.8 Å². The summed E-state index contributed by atoms with van der Waals surface area (Å²) in [6.07, 6.45) is 5.02. The van der Waals surface area contributed by atoms with Crippen molar-refractivity contribution in [1.82, 2.24) is 19.6 Å². The summed E-state index contributed by atoms with van der Waals surface area (Å²) in [5, 5.41) is 13.8. The fourth-order valence-corrected chi connectivity index (χ4v) is 4.41. The molecular formula is C24H24FN5O2. The number of ether oxygens (including phenoxy) is 1. The molecule has 2 aromatic carbocycles. The van der Waals surface area contributed by atoms with Crippen molar-refractivity contribution < 1.29 is 14.2 Å². The van der Waals surface area contributed by atoms with Gasteiger partial charge in [-0.3, -0.25) is 0 Å². The molecule has 0 saturated heterocycles. The average molecular weight is 433 g/mol. The van der Waals surface area contributed by atoms with Gasteiger partial charge in [0, 0.05) is 24.2 Å². The molecule has 1 saturated carbocycles. The van der Waals surface area contributed by atoms with E-state index < -0.39 is 5.82 Å². The van der Waals surface area contributed by atoms with E-state index in [-0.39, 0.29) is 18.3 Å². The quantitative estimate of drug-likeness (QED) is 0.478. The zero-order valence-electron chi connectivity index (χ0n) is 17.5. The van der Waals surface area contributed by atoms with Gasteiger partial charge in [-0.05, 0) is 55.9 Å². The van der Waals surface area contributed by atoms with Gasteiger partial charge in [0.05, 0.1) is 0 Å². The molecule has 0 unspecified atom stereocenters. The van der Waals surface area contributed by atoms with Gasteiger partial charge in [0.2, 0.25) is 0 Å². The van der Waals surface area contributed by atoms with Crippen LogP contribution in [0.2, 0.25) is 0 Å². The Hall–Kier alpha value is -3.52. The number of hydrogen-bond donors (Lipinski definition) is 2. The van der Waals surface area contributed by atoms with Gasteiger partial charge < -0.3 is 15.6 Å². The Balaban J connectivity index is 1.53.